The van der Waals surface area contributed by atoms with Crippen molar-refractivity contribution in [3.63, 3.8) is 0 Å². The van der Waals surface area contributed by atoms with E-state index in [2.05, 4.69) is 53.0 Å². The largest absolute Gasteiger partial charge is 0.0958 e. The number of hydrogen-bond acceptors (Lipinski definition) is 0. The van der Waals surface area contributed by atoms with E-state index in [4.69, 9.17) is 0 Å². The lowest BCUT2D eigenvalue weighted by Gasteiger charge is -2.17. The van der Waals surface area contributed by atoms with Gasteiger partial charge in [-0.2, -0.15) is 0 Å². The third-order valence-corrected chi connectivity index (χ3v) is 3.58. The van der Waals surface area contributed by atoms with E-state index >= 15 is 0 Å². The van der Waals surface area contributed by atoms with E-state index in [1.165, 1.54) is 47.1 Å². The molecule has 1 saturated carbocycles. The van der Waals surface area contributed by atoms with Gasteiger partial charge in [0.25, 0.3) is 0 Å². The van der Waals surface area contributed by atoms with Crippen molar-refractivity contribution in [2.24, 2.45) is 0 Å². The molecule has 0 aromatic heterocycles. The molecule has 0 amide bonds. The molecule has 1 aliphatic rings. The summed E-state index contributed by atoms with van der Waals surface area (Å²) >= 11 is 0. The molecular formula is C18H26. The molecule has 98 valence electrons. The third kappa shape index (κ3) is 4.18. The zero-order valence-corrected chi connectivity index (χ0v) is 12.4. The van der Waals surface area contributed by atoms with Crippen molar-refractivity contribution in [2.75, 3.05) is 0 Å². The predicted octanol–water partition coefficient (Wildman–Crippen LogP) is 5.90. The van der Waals surface area contributed by atoms with E-state index in [9.17, 15) is 0 Å². The number of allylic oxidation sites excluding steroid dienone is 8. The second-order valence-corrected chi connectivity index (χ2v) is 5.54. The smallest absolute Gasteiger partial charge is 0.0265 e. The average Bonchev–Trinajstić information content (AvgIpc) is 2.30. The van der Waals surface area contributed by atoms with Gasteiger partial charge in [-0.25, -0.2) is 0 Å². The third-order valence-electron chi connectivity index (χ3n) is 3.58. The molecule has 0 saturated heterocycles. The molecule has 1 rings (SSSR count). The molecule has 0 heterocycles. The molecule has 0 nitrogen and oxygen atoms in total. The number of hydrogen-bond donors (Lipinski definition) is 0. The molecule has 0 atom stereocenters. The lowest BCUT2D eigenvalue weighted by atomic mass is 9.88. The maximum atomic E-state index is 4.19. The summed E-state index contributed by atoms with van der Waals surface area (Å²) in [6, 6.07) is 0. The summed E-state index contributed by atoms with van der Waals surface area (Å²) in [5, 5.41) is 0. The summed E-state index contributed by atoms with van der Waals surface area (Å²) < 4.78 is 0. The quantitative estimate of drug-likeness (QED) is 0.540. The maximum absolute atomic E-state index is 4.19. The highest BCUT2D eigenvalue weighted by molar-refractivity contribution is 5.46. The van der Waals surface area contributed by atoms with E-state index in [-0.39, 0.29) is 0 Å². The highest BCUT2D eigenvalue weighted by Gasteiger charge is 2.10. The van der Waals surface area contributed by atoms with Gasteiger partial charge in [0.1, 0.15) is 0 Å². The van der Waals surface area contributed by atoms with Gasteiger partial charge >= 0.3 is 0 Å². The van der Waals surface area contributed by atoms with Gasteiger partial charge in [0.2, 0.25) is 0 Å². The van der Waals surface area contributed by atoms with Crippen LogP contribution in [0.15, 0.2) is 58.7 Å². The Bertz CT molecular complexity index is 435. The molecule has 1 fully saturated rings. The van der Waals surface area contributed by atoms with Crippen LogP contribution in [0.2, 0.25) is 0 Å². The van der Waals surface area contributed by atoms with Crippen LogP contribution in [0.3, 0.4) is 0 Å². The zero-order chi connectivity index (χ0) is 13.7. The highest BCUT2D eigenvalue weighted by Crippen LogP contribution is 2.29. The Hall–Kier alpha value is -1.30. The molecule has 0 aromatic rings. The SMILES string of the molecule is C=C1CCCC/C1=C/C(/C=C(\C)C(=C)C)=C(C)C. The Morgan fingerprint density at radius 2 is 1.67 bits per heavy atom. The van der Waals surface area contributed by atoms with Crippen molar-refractivity contribution >= 4 is 0 Å². The Labute approximate surface area is 112 Å². The average molecular weight is 242 g/mol. The van der Waals surface area contributed by atoms with E-state index < -0.39 is 0 Å². The first-order valence-electron chi connectivity index (χ1n) is 6.82. The first kappa shape index (κ1) is 14.8. The lowest BCUT2D eigenvalue weighted by Crippen LogP contribution is -1.98. The fourth-order valence-corrected chi connectivity index (χ4v) is 2.04. The summed E-state index contributed by atoms with van der Waals surface area (Å²) in [6.45, 7) is 16.7. The molecule has 0 radical (unpaired) electrons. The second-order valence-electron chi connectivity index (χ2n) is 5.54. The van der Waals surface area contributed by atoms with E-state index in [1.54, 1.807) is 0 Å². The molecular weight excluding hydrogens is 216 g/mol. The molecule has 0 spiro atoms. The first-order chi connectivity index (χ1) is 8.41. The van der Waals surface area contributed by atoms with Crippen molar-refractivity contribution in [1.82, 2.24) is 0 Å². The minimum absolute atomic E-state index is 1.13. The molecule has 18 heavy (non-hydrogen) atoms. The Balaban J connectivity index is 3.05. The minimum Gasteiger partial charge on any atom is -0.0958 e. The van der Waals surface area contributed by atoms with E-state index in [0.717, 1.165) is 12.0 Å². The second kappa shape index (κ2) is 6.58. The van der Waals surface area contributed by atoms with Gasteiger partial charge < -0.3 is 0 Å². The van der Waals surface area contributed by atoms with Crippen molar-refractivity contribution in [1.29, 1.82) is 0 Å². The monoisotopic (exact) mass is 242 g/mol. The molecule has 0 heteroatoms. The lowest BCUT2D eigenvalue weighted by molar-refractivity contribution is 0.680. The van der Waals surface area contributed by atoms with Crippen molar-refractivity contribution in [3.8, 4) is 0 Å². The standard InChI is InChI=1S/C18H26/c1-13(2)16(6)11-18(14(3)4)12-17-10-8-7-9-15(17)5/h11-12H,1,5,7-10H2,2-4,6H3/b16-11+,17-12-. The maximum Gasteiger partial charge on any atom is -0.0265 e. The van der Waals surface area contributed by atoms with Gasteiger partial charge in [-0.15, -0.1) is 0 Å². The summed E-state index contributed by atoms with van der Waals surface area (Å²) in [7, 11) is 0. The summed E-state index contributed by atoms with van der Waals surface area (Å²) in [5.41, 5.74) is 7.80. The van der Waals surface area contributed by atoms with Gasteiger partial charge in [0, 0.05) is 0 Å². The summed E-state index contributed by atoms with van der Waals surface area (Å²) in [5.74, 6) is 0. The molecule has 0 aliphatic heterocycles. The summed E-state index contributed by atoms with van der Waals surface area (Å²) in [6.07, 6.45) is 9.49. The fourth-order valence-electron chi connectivity index (χ4n) is 2.04. The minimum atomic E-state index is 1.13. The fraction of sp³-hybridized carbons (Fsp3) is 0.444. The molecule has 0 unspecified atom stereocenters. The van der Waals surface area contributed by atoms with Crippen LogP contribution in [-0.4, -0.2) is 0 Å². The van der Waals surface area contributed by atoms with E-state index in [1.807, 2.05) is 0 Å². The van der Waals surface area contributed by atoms with Gasteiger partial charge in [-0.1, -0.05) is 42.0 Å². The van der Waals surface area contributed by atoms with Crippen LogP contribution in [-0.2, 0) is 0 Å². The van der Waals surface area contributed by atoms with Crippen LogP contribution >= 0.6 is 0 Å². The normalized spacial score (nSPS) is 19.0. The number of rotatable bonds is 3. The van der Waals surface area contributed by atoms with Gasteiger partial charge in [-0.05, 0) is 70.1 Å². The molecule has 0 aromatic carbocycles. The summed E-state index contributed by atoms with van der Waals surface area (Å²) in [4.78, 5) is 0. The Morgan fingerprint density at radius 3 is 2.17 bits per heavy atom. The van der Waals surface area contributed by atoms with Gasteiger partial charge in [0.15, 0.2) is 0 Å². The topological polar surface area (TPSA) is 0 Å². The van der Waals surface area contributed by atoms with Crippen LogP contribution in [0.25, 0.3) is 0 Å². The molecule has 1 aliphatic carbocycles. The highest BCUT2D eigenvalue weighted by atomic mass is 14.2. The molecule has 0 N–H and O–H groups in total. The van der Waals surface area contributed by atoms with Crippen molar-refractivity contribution < 1.29 is 0 Å². The van der Waals surface area contributed by atoms with Crippen molar-refractivity contribution in [3.05, 3.63) is 58.7 Å². The molecule has 0 bridgehead atoms. The van der Waals surface area contributed by atoms with Crippen LogP contribution in [0, 0.1) is 0 Å². The Morgan fingerprint density at radius 1 is 1.06 bits per heavy atom. The van der Waals surface area contributed by atoms with Crippen LogP contribution in [0.1, 0.15) is 53.4 Å². The van der Waals surface area contributed by atoms with Gasteiger partial charge in [0.05, 0.1) is 0 Å². The Kier molecular flexibility index (Phi) is 5.40. The van der Waals surface area contributed by atoms with Gasteiger partial charge in [-0.3, -0.25) is 0 Å². The van der Waals surface area contributed by atoms with Crippen LogP contribution in [0.5, 0.6) is 0 Å². The van der Waals surface area contributed by atoms with Crippen LogP contribution in [0.4, 0.5) is 0 Å². The van der Waals surface area contributed by atoms with E-state index in [0.29, 0.717) is 0 Å². The first-order valence-corrected chi connectivity index (χ1v) is 6.82. The van der Waals surface area contributed by atoms with Crippen molar-refractivity contribution in [2.45, 2.75) is 53.4 Å². The van der Waals surface area contributed by atoms with Crippen LogP contribution < -0.4 is 0 Å². The predicted molar refractivity (Wildman–Crippen MR) is 82.6 cm³/mol. The zero-order valence-electron chi connectivity index (χ0n) is 12.4.